The van der Waals surface area contributed by atoms with E-state index in [0.29, 0.717) is 16.7 Å². The number of benzene rings is 3. The van der Waals surface area contributed by atoms with Gasteiger partial charge in [-0.3, -0.25) is 0 Å². The average molecular weight is 319 g/mol. The van der Waals surface area contributed by atoms with Crippen LogP contribution in [0, 0.1) is 36.8 Å². The average Bonchev–Trinajstić information content (AvgIpc) is 2.55. The number of aryl methyl sites for hydroxylation is 2. The van der Waals surface area contributed by atoms with Crippen LogP contribution in [0.3, 0.4) is 0 Å². The van der Waals surface area contributed by atoms with E-state index in [1.807, 2.05) is 44.2 Å². The molecule has 0 aromatic heterocycles. The van der Waals surface area contributed by atoms with Crippen molar-refractivity contribution in [2.75, 3.05) is 0 Å². The first kappa shape index (κ1) is 15.9. The molecule has 0 radical (unpaired) electrons. The summed E-state index contributed by atoms with van der Waals surface area (Å²) in [7, 11) is 0. The van der Waals surface area contributed by atoms with Crippen molar-refractivity contribution in [2.24, 2.45) is 0 Å². The van der Waals surface area contributed by atoms with Gasteiger partial charge in [-0.25, -0.2) is 8.78 Å². The molecule has 0 saturated heterocycles. The highest BCUT2D eigenvalue weighted by atomic mass is 19.1. The zero-order valence-electron chi connectivity index (χ0n) is 13.4. The molecule has 0 amide bonds. The summed E-state index contributed by atoms with van der Waals surface area (Å²) in [5.74, 6) is -0.888. The van der Waals surface area contributed by atoms with Gasteiger partial charge in [-0.2, -0.15) is 5.26 Å². The highest BCUT2D eigenvalue weighted by Crippen LogP contribution is 2.35. The monoisotopic (exact) mass is 319 g/mol. The second kappa shape index (κ2) is 6.25. The molecule has 3 aromatic rings. The highest BCUT2D eigenvalue weighted by Gasteiger charge is 2.13. The lowest BCUT2D eigenvalue weighted by molar-refractivity contribution is 0.624. The van der Waals surface area contributed by atoms with Crippen molar-refractivity contribution in [1.82, 2.24) is 0 Å². The summed E-state index contributed by atoms with van der Waals surface area (Å²) in [6, 6.07) is 17.0. The molecule has 0 aliphatic rings. The van der Waals surface area contributed by atoms with Gasteiger partial charge in [0.15, 0.2) is 0 Å². The van der Waals surface area contributed by atoms with E-state index in [1.54, 1.807) is 12.1 Å². The number of rotatable bonds is 2. The standard InChI is InChI=1S/C21H15F2N/c1-13-3-7-17(18-8-4-14(2)10-21(18)23)19(9-13)15-5-6-16(12-24)20(22)11-15/h3-11H,1-2H3. The fraction of sp³-hybridized carbons (Fsp3) is 0.0952. The van der Waals surface area contributed by atoms with Gasteiger partial charge in [-0.1, -0.05) is 42.0 Å². The molecule has 0 fully saturated rings. The molecule has 0 aliphatic carbocycles. The first-order chi connectivity index (χ1) is 11.5. The van der Waals surface area contributed by atoms with Crippen LogP contribution >= 0.6 is 0 Å². The van der Waals surface area contributed by atoms with E-state index in [2.05, 4.69) is 0 Å². The molecular weight excluding hydrogens is 304 g/mol. The zero-order chi connectivity index (χ0) is 17.3. The van der Waals surface area contributed by atoms with E-state index in [1.165, 1.54) is 18.2 Å². The molecule has 0 aliphatic heterocycles. The smallest absolute Gasteiger partial charge is 0.141 e. The third-order valence-electron chi connectivity index (χ3n) is 3.99. The van der Waals surface area contributed by atoms with Crippen LogP contribution in [-0.4, -0.2) is 0 Å². The van der Waals surface area contributed by atoms with Gasteiger partial charge in [-0.05, 0) is 54.3 Å². The van der Waals surface area contributed by atoms with E-state index >= 15 is 0 Å². The van der Waals surface area contributed by atoms with Crippen LogP contribution in [0.1, 0.15) is 16.7 Å². The van der Waals surface area contributed by atoms with E-state index in [-0.39, 0.29) is 11.4 Å². The fourth-order valence-corrected chi connectivity index (χ4v) is 2.74. The molecule has 24 heavy (non-hydrogen) atoms. The Labute approximate surface area is 139 Å². The molecular formula is C21H15F2N. The second-order valence-corrected chi connectivity index (χ2v) is 5.84. The maximum Gasteiger partial charge on any atom is 0.141 e. The number of nitriles is 1. The Balaban J connectivity index is 2.23. The molecule has 3 aromatic carbocycles. The summed E-state index contributed by atoms with van der Waals surface area (Å²) in [6.07, 6.45) is 0. The van der Waals surface area contributed by atoms with E-state index in [0.717, 1.165) is 16.7 Å². The fourth-order valence-electron chi connectivity index (χ4n) is 2.74. The molecule has 0 spiro atoms. The Morgan fingerprint density at radius 2 is 1.38 bits per heavy atom. The number of halogens is 2. The third-order valence-corrected chi connectivity index (χ3v) is 3.99. The Bertz CT molecular complexity index is 968. The molecule has 0 bridgehead atoms. The molecule has 1 nitrogen and oxygen atoms in total. The van der Waals surface area contributed by atoms with Crippen molar-refractivity contribution in [3.8, 4) is 28.3 Å². The normalized spacial score (nSPS) is 10.5. The minimum absolute atomic E-state index is 0.00512. The van der Waals surface area contributed by atoms with Crippen molar-refractivity contribution < 1.29 is 8.78 Å². The molecule has 3 heteroatoms. The van der Waals surface area contributed by atoms with Crippen molar-refractivity contribution in [3.63, 3.8) is 0 Å². The van der Waals surface area contributed by atoms with Gasteiger partial charge in [0.2, 0.25) is 0 Å². The maximum absolute atomic E-state index is 14.4. The first-order valence-electron chi connectivity index (χ1n) is 7.57. The molecule has 0 unspecified atom stereocenters. The van der Waals surface area contributed by atoms with E-state index in [9.17, 15) is 8.78 Å². The number of hydrogen-bond donors (Lipinski definition) is 0. The summed E-state index contributed by atoms with van der Waals surface area (Å²) in [5, 5.41) is 8.88. The molecule has 3 rings (SSSR count). The van der Waals surface area contributed by atoms with Crippen LogP contribution < -0.4 is 0 Å². The quantitative estimate of drug-likeness (QED) is 0.586. The maximum atomic E-state index is 14.4. The van der Waals surface area contributed by atoms with Crippen molar-refractivity contribution in [1.29, 1.82) is 5.26 Å². The van der Waals surface area contributed by atoms with E-state index < -0.39 is 5.82 Å². The summed E-state index contributed by atoms with van der Waals surface area (Å²) in [4.78, 5) is 0. The molecule has 0 heterocycles. The van der Waals surface area contributed by atoms with Gasteiger partial charge in [-0.15, -0.1) is 0 Å². The Morgan fingerprint density at radius 1 is 0.708 bits per heavy atom. The van der Waals surface area contributed by atoms with Crippen molar-refractivity contribution in [3.05, 3.63) is 82.9 Å². The predicted octanol–water partition coefficient (Wildman–Crippen LogP) is 5.79. The van der Waals surface area contributed by atoms with Crippen molar-refractivity contribution in [2.45, 2.75) is 13.8 Å². The van der Waals surface area contributed by atoms with E-state index in [4.69, 9.17) is 5.26 Å². The van der Waals surface area contributed by atoms with Crippen LogP contribution in [0.2, 0.25) is 0 Å². The summed E-state index contributed by atoms with van der Waals surface area (Å²) in [6.45, 7) is 3.76. The van der Waals surface area contributed by atoms with Crippen LogP contribution in [0.25, 0.3) is 22.3 Å². The lowest BCUT2D eigenvalue weighted by atomic mass is 9.92. The van der Waals surface area contributed by atoms with Gasteiger partial charge in [0.05, 0.1) is 5.56 Å². The summed E-state index contributed by atoms with van der Waals surface area (Å²) >= 11 is 0. The van der Waals surface area contributed by atoms with Gasteiger partial charge in [0.25, 0.3) is 0 Å². The molecule has 0 N–H and O–H groups in total. The third kappa shape index (κ3) is 2.91. The Hall–Kier alpha value is -2.99. The SMILES string of the molecule is Cc1ccc(-c2ccc(C)cc2-c2ccc(C#N)c(F)c2)c(F)c1. The molecule has 118 valence electrons. The lowest BCUT2D eigenvalue weighted by Crippen LogP contribution is -1.92. The van der Waals surface area contributed by atoms with Crippen molar-refractivity contribution >= 4 is 0 Å². The van der Waals surface area contributed by atoms with Crippen LogP contribution in [-0.2, 0) is 0 Å². The second-order valence-electron chi connectivity index (χ2n) is 5.84. The van der Waals surface area contributed by atoms with Gasteiger partial charge in [0.1, 0.15) is 17.7 Å². The van der Waals surface area contributed by atoms with Crippen LogP contribution in [0.4, 0.5) is 8.78 Å². The van der Waals surface area contributed by atoms with Gasteiger partial charge < -0.3 is 0 Å². The molecule has 0 saturated carbocycles. The number of nitrogens with zero attached hydrogens (tertiary/aromatic N) is 1. The topological polar surface area (TPSA) is 23.8 Å². The van der Waals surface area contributed by atoms with Crippen LogP contribution in [0.5, 0.6) is 0 Å². The minimum Gasteiger partial charge on any atom is -0.206 e. The predicted molar refractivity (Wildman–Crippen MR) is 91.4 cm³/mol. The Morgan fingerprint density at radius 3 is 2.00 bits per heavy atom. The largest absolute Gasteiger partial charge is 0.206 e. The number of hydrogen-bond acceptors (Lipinski definition) is 1. The minimum atomic E-state index is -0.577. The highest BCUT2D eigenvalue weighted by molar-refractivity contribution is 5.84. The summed E-state index contributed by atoms with van der Waals surface area (Å²) in [5.41, 5.74) is 4.35. The first-order valence-corrected chi connectivity index (χ1v) is 7.57. The van der Waals surface area contributed by atoms with Gasteiger partial charge >= 0.3 is 0 Å². The lowest BCUT2D eigenvalue weighted by Gasteiger charge is -2.13. The summed E-state index contributed by atoms with van der Waals surface area (Å²) < 4.78 is 28.4. The van der Waals surface area contributed by atoms with Crippen LogP contribution in [0.15, 0.2) is 54.6 Å². The van der Waals surface area contributed by atoms with Gasteiger partial charge in [0, 0.05) is 5.56 Å². The zero-order valence-corrected chi connectivity index (χ0v) is 13.4. The molecule has 0 atom stereocenters. The Kier molecular flexibility index (Phi) is 4.14.